The Hall–Kier alpha value is -2.14. The largest absolute Gasteiger partial charge is 0.478 e. The molecule has 0 bridgehead atoms. The van der Waals surface area contributed by atoms with Gasteiger partial charge in [0.25, 0.3) is 0 Å². The van der Waals surface area contributed by atoms with Crippen molar-refractivity contribution in [1.29, 1.82) is 0 Å². The van der Waals surface area contributed by atoms with Gasteiger partial charge in [-0.05, 0) is 30.7 Å². The van der Waals surface area contributed by atoms with Crippen molar-refractivity contribution in [3.63, 3.8) is 0 Å². The SMILES string of the molecule is Cn1nccc1CCNCCc1ccccc1C(=O)O. The number of aromatic carboxylic acids is 1. The van der Waals surface area contributed by atoms with Gasteiger partial charge < -0.3 is 10.4 Å². The fraction of sp³-hybridized carbons (Fsp3) is 0.333. The Morgan fingerprint density at radius 2 is 2.00 bits per heavy atom. The molecule has 0 atom stereocenters. The zero-order valence-electron chi connectivity index (χ0n) is 11.5. The average molecular weight is 273 g/mol. The van der Waals surface area contributed by atoms with Crippen molar-refractivity contribution in [1.82, 2.24) is 15.1 Å². The van der Waals surface area contributed by atoms with Crippen molar-refractivity contribution < 1.29 is 9.90 Å². The molecule has 0 unspecified atom stereocenters. The van der Waals surface area contributed by atoms with E-state index in [1.165, 1.54) is 5.69 Å². The molecule has 0 spiro atoms. The monoisotopic (exact) mass is 273 g/mol. The minimum atomic E-state index is -0.865. The molecule has 0 aliphatic carbocycles. The highest BCUT2D eigenvalue weighted by atomic mass is 16.4. The van der Waals surface area contributed by atoms with E-state index in [1.54, 1.807) is 18.3 Å². The second kappa shape index (κ2) is 6.86. The number of rotatable bonds is 7. The number of carboxylic acid groups (broad SMARTS) is 1. The van der Waals surface area contributed by atoms with Gasteiger partial charge in [-0.2, -0.15) is 5.10 Å². The first-order valence-electron chi connectivity index (χ1n) is 6.67. The van der Waals surface area contributed by atoms with E-state index in [4.69, 9.17) is 5.11 Å². The topological polar surface area (TPSA) is 67.2 Å². The van der Waals surface area contributed by atoms with E-state index in [0.29, 0.717) is 12.0 Å². The third-order valence-corrected chi connectivity index (χ3v) is 3.30. The van der Waals surface area contributed by atoms with Crippen LogP contribution < -0.4 is 5.32 Å². The molecule has 1 heterocycles. The maximum atomic E-state index is 11.1. The Morgan fingerprint density at radius 3 is 2.70 bits per heavy atom. The van der Waals surface area contributed by atoms with Crippen molar-refractivity contribution in [2.75, 3.05) is 13.1 Å². The van der Waals surface area contributed by atoms with E-state index in [-0.39, 0.29) is 0 Å². The molecule has 5 heteroatoms. The standard InChI is InChI=1S/C15H19N3O2/c1-18-13(8-11-17-18)7-10-16-9-6-12-4-2-3-5-14(12)15(19)20/h2-5,8,11,16H,6-7,9-10H2,1H3,(H,19,20). The van der Waals surface area contributed by atoms with Crippen LogP contribution in [0.1, 0.15) is 21.6 Å². The van der Waals surface area contributed by atoms with Gasteiger partial charge in [0.05, 0.1) is 5.56 Å². The molecular formula is C15H19N3O2. The van der Waals surface area contributed by atoms with Gasteiger partial charge >= 0.3 is 5.97 Å². The van der Waals surface area contributed by atoms with Crippen molar-refractivity contribution in [2.45, 2.75) is 12.8 Å². The first kappa shape index (κ1) is 14.3. The van der Waals surface area contributed by atoms with Crippen LogP contribution >= 0.6 is 0 Å². The van der Waals surface area contributed by atoms with Crippen LogP contribution in [0.3, 0.4) is 0 Å². The Labute approximate surface area is 118 Å². The molecule has 1 aromatic carbocycles. The van der Waals surface area contributed by atoms with Crippen LogP contribution in [0.5, 0.6) is 0 Å². The number of aromatic nitrogens is 2. The first-order valence-corrected chi connectivity index (χ1v) is 6.67. The molecule has 0 radical (unpaired) electrons. The molecular weight excluding hydrogens is 254 g/mol. The lowest BCUT2D eigenvalue weighted by molar-refractivity contribution is 0.0695. The molecule has 2 N–H and O–H groups in total. The summed E-state index contributed by atoms with van der Waals surface area (Å²) in [5.74, 6) is -0.865. The summed E-state index contributed by atoms with van der Waals surface area (Å²) in [4.78, 5) is 11.1. The summed E-state index contributed by atoms with van der Waals surface area (Å²) in [5, 5.41) is 16.5. The number of nitrogens with one attached hydrogen (secondary N) is 1. The van der Waals surface area contributed by atoms with Crippen LogP contribution in [0.15, 0.2) is 36.5 Å². The fourth-order valence-corrected chi connectivity index (χ4v) is 2.16. The molecule has 106 valence electrons. The highest BCUT2D eigenvalue weighted by Crippen LogP contribution is 2.09. The molecule has 2 rings (SSSR count). The molecule has 0 fully saturated rings. The van der Waals surface area contributed by atoms with Crippen LogP contribution in [-0.4, -0.2) is 33.9 Å². The van der Waals surface area contributed by atoms with E-state index in [0.717, 1.165) is 25.1 Å². The zero-order valence-corrected chi connectivity index (χ0v) is 11.5. The minimum absolute atomic E-state index is 0.390. The number of benzene rings is 1. The Bertz CT molecular complexity index is 578. The van der Waals surface area contributed by atoms with Gasteiger partial charge in [-0.15, -0.1) is 0 Å². The van der Waals surface area contributed by atoms with E-state index in [9.17, 15) is 4.79 Å². The number of carbonyl (C=O) groups is 1. The molecule has 2 aromatic rings. The maximum absolute atomic E-state index is 11.1. The van der Waals surface area contributed by atoms with Crippen molar-refractivity contribution >= 4 is 5.97 Å². The fourth-order valence-electron chi connectivity index (χ4n) is 2.16. The molecule has 5 nitrogen and oxygen atoms in total. The summed E-state index contributed by atoms with van der Waals surface area (Å²) < 4.78 is 1.86. The number of aryl methyl sites for hydroxylation is 1. The van der Waals surface area contributed by atoms with Crippen LogP contribution in [0, 0.1) is 0 Å². The van der Waals surface area contributed by atoms with E-state index < -0.39 is 5.97 Å². The number of hydrogen-bond donors (Lipinski definition) is 2. The normalized spacial score (nSPS) is 10.7. The van der Waals surface area contributed by atoms with Crippen molar-refractivity contribution in [2.24, 2.45) is 7.05 Å². The summed E-state index contributed by atoms with van der Waals surface area (Å²) in [7, 11) is 1.93. The lowest BCUT2D eigenvalue weighted by Gasteiger charge is -2.07. The molecule has 20 heavy (non-hydrogen) atoms. The number of nitrogens with zero attached hydrogens (tertiary/aromatic N) is 2. The smallest absolute Gasteiger partial charge is 0.335 e. The first-order chi connectivity index (χ1) is 9.68. The van der Waals surface area contributed by atoms with Crippen molar-refractivity contribution in [3.8, 4) is 0 Å². The number of hydrogen-bond acceptors (Lipinski definition) is 3. The Kier molecular flexibility index (Phi) is 4.90. The highest BCUT2D eigenvalue weighted by molar-refractivity contribution is 5.89. The predicted molar refractivity (Wildman–Crippen MR) is 76.9 cm³/mol. The molecule has 0 amide bonds. The molecule has 0 aliphatic heterocycles. The summed E-state index contributed by atoms with van der Waals surface area (Å²) in [6, 6.07) is 9.14. The van der Waals surface area contributed by atoms with Gasteiger partial charge in [-0.25, -0.2) is 4.79 Å². The van der Waals surface area contributed by atoms with Gasteiger partial charge in [0.2, 0.25) is 0 Å². The Morgan fingerprint density at radius 1 is 1.25 bits per heavy atom. The lowest BCUT2D eigenvalue weighted by atomic mass is 10.0. The summed E-state index contributed by atoms with van der Waals surface area (Å²) in [6.07, 6.45) is 3.42. The quantitative estimate of drug-likeness (QED) is 0.750. The van der Waals surface area contributed by atoms with Crippen LogP contribution in [-0.2, 0) is 19.9 Å². The third kappa shape index (κ3) is 3.68. The van der Waals surface area contributed by atoms with E-state index in [1.807, 2.05) is 29.9 Å². The molecule has 1 aromatic heterocycles. The molecule has 0 aliphatic rings. The van der Waals surface area contributed by atoms with Crippen molar-refractivity contribution in [3.05, 3.63) is 53.3 Å². The van der Waals surface area contributed by atoms with E-state index >= 15 is 0 Å². The molecule has 0 saturated carbocycles. The minimum Gasteiger partial charge on any atom is -0.478 e. The zero-order chi connectivity index (χ0) is 14.4. The van der Waals surface area contributed by atoms with Gasteiger partial charge in [-0.1, -0.05) is 18.2 Å². The van der Waals surface area contributed by atoms with Gasteiger partial charge in [-0.3, -0.25) is 4.68 Å². The number of carboxylic acids is 1. The second-order valence-corrected chi connectivity index (χ2v) is 4.66. The summed E-state index contributed by atoms with van der Waals surface area (Å²) in [5.41, 5.74) is 2.44. The third-order valence-electron chi connectivity index (χ3n) is 3.30. The molecule has 0 saturated heterocycles. The van der Waals surface area contributed by atoms with Crippen LogP contribution in [0.25, 0.3) is 0 Å². The predicted octanol–water partition coefficient (Wildman–Crippen LogP) is 1.49. The highest BCUT2D eigenvalue weighted by Gasteiger charge is 2.08. The lowest BCUT2D eigenvalue weighted by Crippen LogP contribution is -2.21. The average Bonchev–Trinajstić information content (AvgIpc) is 2.84. The maximum Gasteiger partial charge on any atom is 0.335 e. The summed E-state index contributed by atoms with van der Waals surface area (Å²) in [6.45, 7) is 1.62. The van der Waals surface area contributed by atoms with Gasteiger partial charge in [0, 0.05) is 31.9 Å². The van der Waals surface area contributed by atoms with Crippen LogP contribution in [0.2, 0.25) is 0 Å². The Balaban J connectivity index is 1.76. The van der Waals surface area contributed by atoms with Crippen LogP contribution in [0.4, 0.5) is 0 Å². The van der Waals surface area contributed by atoms with Gasteiger partial charge in [0.1, 0.15) is 0 Å². The van der Waals surface area contributed by atoms with E-state index in [2.05, 4.69) is 10.4 Å². The second-order valence-electron chi connectivity index (χ2n) is 4.66. The summed E-state index contributed by atoms with van der Waals surface area (Å²) >= 11 is 0. The van der Waals surface area contributed by atoms with Gasteiger partial charge in [0.15, 0.2) is 0 Å².